The number of amides is 1. The molecule has 0 spiro atoms. The van der Waals surface area contributed by atoms with Crippen molar-refractivity contribution in [2.24, 2.45) is 0 Å². The van der Waals surface area contributed by atoms with Crippen LogP contribution in [0, 0.1) is 6.92 Å². The molecule has 164 valence electrons. The molecule has 2 aromatic heterocycles. The summed E-state index contributed by atoms with van der Waals surface area (Å²) >= 11 is 1.15. The molecule has 8 nitrogen and oxygen atoms in total. The number of nitrogens with zero attached hydrogens (tertiary/aromatic N) is 5. The summed E-state index contributed by atoms with van der Waals surface area (Å²) in [6, 6.07) is 12.6. The third-order valence-electron chi connectivity index (χ3n) is 4.19. The van der Waals surface area contributed by atoms with E-state index in [-0.39, 0.29) is 17.4 Å². The smallest absolute Gasteiger partial charge is 0.406 e. The van der Waals surface area contributed by atoms with Crippen molar-refractivity contribution in [2.45, 2.75) is 18.3 Å². The SMILES string of the molecule is Cc1ccc(-n2nnc3c(SCC(=O)Nc4ccc(OC(F)(F)F)cc4)ncnc32)cc1. The molecule has 4 aromatic rings. The number of nitrogens with one attached hydrogen (secondary N) is 1. The number of halogens is 3. The molecule has 0 aliphatic heterocycles. The van der Waals surface area contributed by atoms with Gasteiger partial charge in [0, 0.05) is 5.69 Å². The summed E-state index contributed by atoms with van der Waals surface area (Å²) in [6.07, 6.45) is -3.40. The lowest BCUT2D eigenvalue weighted by Crippen LogP contribution is -2.17. The normalized spacial score (nSPS) is 11.5. The van der Waals surface area contributed by atoms with Gasteiger partial charge in [-0.3, -0.25) is 4.79 Å². The Bertz CT molecular complexity index is 1240. The van der Waals surface area contributed by atoms with Crippen molar-refractivity contribution < 1.29 is 22.7 Å². The second-order valence-corrected chi connectivity index (χ2v) is 7.56. The molecular weight excluding hydrogens is 445 g/mol. The predicted octanol–water partition coefficient (Wildman–Crippen LogP) is 4.15. The molecule has 0 saturated carbocycles. The maximum Gasteiger partial charge on any atom is 0.573 e. The molecule has 1 N–H and O–H groups in total. The van der Waals surface area contributed by atoms with E-state index in [1.54, 1.807) is 4.68 Å². The van der Waals surface area contributed by atoms with Crippen LogP contribution in [0.5, 0.6) is 5.75 Å². The second-order valence-electron chi connectivity index (χ2n) is 6.60. The minimum atomic E-state index is -4.77. The van der Waals surface area contributed by atoms with Gasteiger partial charge in [0.05, 0.1) is 11.4 Å². The van der Waals surface area contributed by atoms with Crippen LogP contribution >= 0.6 is 11.8 Å². The van der Waals surface area contributed by atoms with Gasteiger partial charge in [-0.15, -0.1) is 18.3 Å². The number of carbonyl (C=O) groups is 1. The van der Waals surface area contributed by atoms with Crippen LogP contribution in [0.4, 0.5) is 18.9 Å². The van der Waals surface area contributed by atoms with Crippen molar-refractivity contribution in [3.8, 4) is 11.4 Å². The monoisotopic (exact) mass is 460 g/mol. The number of thioether (sulfide) groups is 1. The van der Waals surface area contributed by atoms with Gasteiger partial charge in [0.15, 0.2) is 11.2 Å². The molecule has 1 amide bonds. The Labute approximate surface area is 183 Å². The average molecular weight is 460 g/mol. The van der Waals surface area contributed by atoms with Crippen molar-refractivity contribution in [3.05, 3.63) is 60.4 Å². The molecule has 0 bridgehead atoms. The Morgan fingerprint density at radius 1 is 1.09 bits per heavy atom. The highest BCUT2D eigenvalue weighted by Crippen LogP contribution is 2.26. The fourth-order valence-corrected chi connectivity index (χ4v) is 3.50. The van der Waals surface area contributed by atoms with Crippen molar-refractivity contribution in [1.29, 1.82) is 0 Å². The van der Waals surface area contributed by atoms with E-state index in [9.17, 15) is 18.0 Å². The summed E-state index contributed by atoms with van der Waals surface area (Å²) in [5.41, 5.74) is 3.20. The Balaban J connectivity index is 1.42. The van der Waals surface area contributed by atoms with E-state index in [2.05, 4.69) is 30.3 Å². The number of aromatic nitrogens is 5. The lowest BCUT2D eigenvalue weighted by molar-refractivity contribution is -0.274. The van der Waals surface area contributed by atoms with Gasteiger partial charge in [-0.2, -0.15) is 4.68 Å². The quantitative estimate of drug-likeness (QED) is 0.341. The summed E-state index contributed by atoms with van der Waals surface area (Å²) in [6.45, 7) is 1.98. The maximum atomic E-state index is 12.3. The Morgan fingerprint density at radius 3 is 2.50 bits per heavy atom. The molecule has 0 aliphatic rings. The number of anilines is 1. The summed E-state index contributed by atoms with van der Waals surface area (Å²) in [5, 5.41) is 11.4. The van der Waals surface area contributed by atoms with E-state index < -0.39 is 6.36 Å². The van der Waals surface area contributed by atoms with Gasteiger partial charge in [0.2, 0.25) is 5.91 Å². The first kappa shape index (κ1) is 21.6. The maximum absolute atomic E-state index is 12.3. The van der Waals surface area contributed by atoms with Gasteiger partial charge in [0.25, 0.3) is 0 Å². The van der Waals surface area contributed by atoms with E-state index in [1.807, 2.05) is 31.2 Å². The minimum Gasteiger partial charge on any atom is -0.406 e. The Morgan fingerprint density at radius 2 is 1.81 bits per heavy atom. The molecule has 0 unspecified atom stereocenters. The van der Waals surface area contributed by atoms with Crippen molar-refractivity contribution in [3.63, 3.8) is 0 Å². The Hall–Kier alpha value is -3.67. The molecule has 12 heteroatoms. The van der Waals surface area contributed by atoms with E-state index in [1.165, 1.54) is 18.5 Å². The molecule has 0 radical (unpaired) electrons. The van der Waals surface area contributed by atoms with Crippen molar-refractivity contribution in [2.75, 3.05) is 11.1 Å². The minimum absolute atomic E-state index is 0.00427. The molecule has 0 saturated heterocycles. The third-order valence-corrected chi connectivity index (χ3v) is 5.17. The van der Waals surface area contributed by atoms with Crippen LogP contribution in [0.25, 0.3) is 16.9 Å². The number of benzene rings is 2. The highest BCUT2D eigenvalue weighted by molar-refractivity contribution is 8.00. The zero-order valence-corrected chi connectivity index (χ0v) is 17.3. The van der Waals surface area contributed by atoms with Crippen LogP contribution in [0.2, 0.25) is 0 Å². The molecule has 0 fully saturated rings. The van der Waals surface area contributed by atoms with Crippen LogP contribution in [0.3, 0.4) is 0 Å². The molecule has 2 aromatic carbocycles. The summed E-state index contributed by atoms with van der Waals surface area (Å²) in [4.78, 5) is 20.7. The third kappa shape index (κ3) is 5.14. The molecule has 32 heavy (non-hydrogen) atoms. The molecule has 2 heterocycles. The number of rotatable bonds is 6. The highest BCUT2D eigenvalue weighted by Gasteiger charge is 2.31. The number of hydrogen-bond acceptors (Lipinski definition) is 7. The number of hydrogen-bond donors (Lipinski definition) is 1. The zero-order valence-electron chi connectivity index (χ0n) is 16.5. The fourth-order valence-electron chi connectivity index (χ4n) is 2.76. The van der Waals surface area contributed by atoms with Gasteiger partial charge in [0.1, 0.15) is 17.1 Å². The molecule has 4 rings (SSSR count). The predicted molar refractivity (Wildman–Crippen MR) is 112 cm³/mol. The van der Waals surface area contributed by atoms with Gasteiger partial charge >= 0.3 is 6.36 Å². The second kappa shape index (κ2) is 8.83. The molecule has 0 aliphatic carbocycles. The van der Waals surface area contributed by atoms with Crippen LogP contribution in [-0.2, 0) is 4.79 Å². The standard InChI is InChI=1S/C20H15F3N6O2S/c1-12-2-6-14(7-3-12)29-18-17(27-28-29)19(25-11-24-18)32-10-16(30)26-13-4-8-15(9-5-13)31-20(21,22)23/h2-9,11H,10H2,1H3,(H,26,30). The average Bonchev–Trinajstić information content (AvgIpc) is 3.18. The van der Waals surface area contributed by atoms with Gasteiger partial charge in [-0.05, 0) is 43.3 Å². The lowest BCUT2D eigenvalue weighted by Gasteiger charge is -2.10. The van der Waals surface area contributed by atoms with Crippen molar-refractivity contribution in [1.82, 2.24) is 25.0 Å². The summed E-state index contributed by atoms with van der Waals surface area (Å²) in [5.74, 6) is -0.730. The van der Waals surface area contributed by atoms with E-state index in [4.69, 9.17) is 0 Å². The molecule has 0 atom stereocenters. The number of fused-ring (bicyclic) bond motifs is 1. The van der Waals surface area contributed by atoms with E-state index in [0.29, 0.717) is 21.9 Å². The van der Waals surface area contributed by atoms with Gasteiger partial charge < -0.3 is 10.1 Å². The first-order valence-electron chi connectivity index (χ1n) is 9.20. The summed E-state index contributed by atoms with van der Waals surface area (Å²) in [7, 11) is 0. The molecular formula is C20H15F3N6O2S. The van der Waals surface area contributed by atoms with Crippen LogP contribution in [-0.4, -0.2) is 43.0 Å². The fraction of sp³-hybridized carbons (Fsp3) is 0.150. The van der Waals surface area contributed by atoms with Crippen molar-refractivity contribution >= 4 is 34.5 Å². The van der Waals surface area contributed by atoms with E-state index in [0.717, 1.165) is 35.1 Å². The number of ether oxygens (including phenoxy) is 1. The highest BCUT2D eigenvalue weighted by atomic mass is 32.2. The largest absolute Gasteiger partial charge is 0.573 e. The van der Waals surface area contributed by atoms with Crippen LogP contribution < -0.4 is 10.1 Å². The first-order valence-corrected chi connectivity index (χ1v) is 10.2. The van der Waals surface area contributed by atoms with E-state index >= 15 is 0 Å². The Kier molecular flexibility index (Phi) is 5.95. The summed E-state index contributed by atoms with van der Waals surface area (Å²) < 4.78 is 42.1. The zero-order chi connectivity index (χ0) is 22.7. The van der Waals surface area contributed by atoms with Gasteiger partial charge in [-0.1, -0.05) is 34.7 Å². The topological polar surface area (TPSA) is 94.8 Å². The van der Waals surface area contributed by atoms with Crippen LogP contribution in [0.1, 0.15) is 5.56 Å². The number of alkyl halides is 3. The van der Waals surface area contributed by atoms with Gasteiger partial charge in [-0.25, -0.2) is 9.97 Å². The lowest BCUT2D eigenvalue weighted by atomic mass is 10.2. The van der Waals surface area contributed by atoms with Crippen LogP contribution in [0.15, 0.2) is 59.9 Å². The number of aryl methyl sites for hydroxylation is 1. The number of carbonyl (C=O) groups excluding carboxylic acids is 1. The first-order chi connectivity index (χ1) is 15.3.